The normalized spacial score (nSPS) is 9.78. The number of carboxylic acids is 1. The highest BCUT2D eigenvalue weighted by Crippen LogP contribution is 2.09. The molecule has 2 heterocycles. The van der Waals surface area contributed by atoms with E-state index in [4.69, 9.17) is 5.11 Å². The number of carbonyl (C=O) groups is 2. The van der Waals surface area contributed by atoms with Crippen LogP contribution >= 0.6 is 0 Å². The minimum atomic E-state index is -1.16. The van der Waals surface area contributed by atoms with Gasteiger partial charge in [0.1, 0.15) is 5.69 Å². The van der Waals surface area contributed by atoms with Crippen LogP contribution in [0, 0.1) is 0 Å². The first-order chi connectivity index (χ1) is 8.66. The SMILES string of the molecule is O=C(Nc1ccnc(C(=O)O)c1)c1ccnnc1. The Bertz CT molecular complexity index is 586. The first-order valence-corrected chi connectivity index (χ1v) is 4.94. The van der Waals surface area contributed by atoms with Crippen LogP contribution in [0.5, 0.6) is 0 Å². The summed E-state index contributed by atoms with van der Waals surface area (Å²) >= 11 is 0. The number of amides is 1. The van der Waals surface area contributed by atoms with E-state index in [1.807, 2.05) is 0 Å². The van der Waals surface area contributed by atoms with Crippen molar-refractivity contribution in [3.63, 3.8) is 0 Å². The second-order valence-electron chi connectivity index (χ2n) is 3.32. The first-order valence-electron chi connectivity index (χ1n) is 4.94. The smallest absolute Gasteiger partial charge is 0.354 e. The molecule has 0 fully saturated rings. The standard InChI is InChI=1S/C11H8N4O3/c16-10(7-1-4-13-14-6-7)15-8-2-3-12-9(5-8)11(17)18/h1-6H,(H,17,18)(H,12,15,16). The first kappa shape index (κ1) is 11.6. The van der Waals surface area contributed by atoms with Gasteiger partial charge in [0, 0.05) is 11.9 Å². The average Bonchev–Trinajstić information content (AvgIpc) is 2.40. The zero-order chi connectivity index (χ0) is 13.0. The topological polar surface area (TPSA) is 105 Å². The van der Waals surface area contributed by atoms with E-state index in [9.17, 15) is 9.59 Å². The molecule has 2 aromatic rings. The summed E-state index contributed by atoms with van der Waals surface area (Å²) in [4.78, 5) is 26.1. The quantitative estimate of drug-likeness (QED) is 0.828. The Morgan fingerprint density at radius 2 is 2.00 bits per heavy atom. The molecular weight excluding hydrogens is 236 g/mol. The molecule has 2 N–H and O–H groups in total. The van der Waals surface area contributed by atoms with Crippen molar-refractivity contribution >= 4 is 17.6 Å². The lowest BCUT2D eigenvalue weighted by Gasteiger charge is -2.04. The number of aromatic nitrogens is 3. The number of nitrogens with one attached hydrogen (secondary N) is 1. The highest BCUT2D eigenvalue weighted by atomic mass is 16.4. The number of carbonyl (C=O) groups excluding carboxylic acids is 1. The van der Waals surface area contributed by atoms with Crippen molar-refractivity contribution in [2.24, 2.45) is 0 Å². The van der Waals surface area contributed by atoms with Crippen LogP contribution < -0.4 is 5.32 Å². The lowest BCUT2D eigenvalue weighted by Crippen LogP contribution is -2.13. The summed E-state index contributed by atoms with van der Waals surface area (Å²) in [5.74, 6) is -1.55. The number of nitrogens with zero attached hydrogens (tertiary/aromatic N) is 3. The number of anilines is 1. The third kappa shape index (κ3) is 2.64. The van der Waals surface area contributed by atoms with E-state index < -0.39 is 11.9 Å². The number of pyridine rings is 1. The predicted molar refractivity (Wildman–Crippen MR) is 61.2 cm³/mol. The van der Waals surface area contributed by atoms with Crippen molar-refractivity contribution < 1.29 is 14.7 Å². The van der Waals surface area contributed by atoms with Crippen molar-refractivity contribution in [1.29, 1.82) is 0 Å². The summed E-state index contributed by atoms with van der Waals surface area (Å²) in [6.07, 6.45) is 4.02. The third-order valence-corrected chi connectivity index (χ3v) is 2.08. The number of hydrogen-bond acceptors (Lipinski definition) is 5. The van der Waals surface area contributed by atoms with E-state index in [1.165, 1.54) is 36.8 Å². The van der Waals surface area contributed by atoms with Crippen molar-refractivity contribution in [1.82, 2.24) is 15.2 Å². The molecule has 0 bridgehead atoms. The molecule has 18 heavy (non-hydrogen) atoms. The van der Waals surface area contributed by atoms with Crippen LogP contribution in [0.2, 0.25) is 0 Å². The zero-order valence-electron chi connectivity index (χ0n) is 9.07. The van der Waals surface area contributed by atoms with E-state index >= 15 is 0 Å². The van der Waals surface area contributed by atoms with Crippen LogP contribution in [0.4, 0.5) is 5.69 Å². The molecule has 0 saturated carbocycles. The van der Waals surface area contributed by atoms with Crippen molar-refractivity contribution in [2.75, 3.05) is 5.32 Å². The highest BCUT2D eigenvalue weighted by Gasteiger charge is 2.09. The van der Waals surface area contributed by atoms with Crippen molar-refractivity contribution in [3.8, 4) is 0 Å². The zero-order valence-corrected chi connectivity index (χ0v) is 9.07. The van der Waals surface area contributed by atoms with Crippen LogP contribution in [0.25, 0.3) is 0 Å². The molecule has 1 amide bonds. The Balaban J connectivity index is 2.17. The number of rotatable bonds is 3. The Labute approximate surface area is 102 Å². The summed E-state index contributed by atoms with van der Waals surface area (Å²) in [7, 11) is 0. The van der Waals surface area contributed by atoms with Gasteiger partial charge in [0.25, 0.3) is 5.91 Å². The van der Waals surface area contributed by atoms with Gasteiger partial charge in [-0.25, -0.2) is 9.78 Å². The predicted octanol–water partition coefficient (Wildman–Crippen LogP) is 0.822. The van der Waals surface area contributed by atoms with E-state index in [-0.39, 0.29) is 5.69 Å². The molecule has 0 aliphatic rings. The van der Waals surface area contributed by atoms with Crippen LogP contribution in [-0.2, 0) is 0 Å². The molecule has 2 aromatic heterocycles. The molecule has 7 heteroatoms. The molecular formula is C11H8N4O3. The largest absolute Gasteiger partial charge is 0.477 e. The summed E-state index contributed by atoms with van der Waals surface area (Å²) < 4.78 is 0. The minimum Gasteiger partial charge on any atom is -0.477 e. The van der Waals surface area contributed by atoms with Gasteiger partial charge in [-0.1, -0.05) is 0 Å². The lowest BCUT2D eigenvalue weighted by atomic mass is 10.2. The van der Waals surface area contributed by atoms with Crippen molar-refractivity contribution in [2.45, 2.75) is 0 Å². The second kappa shape index (κ2) is 5.00. The molecule has 0 aliphatic heterocycles. The van der Waals surface area contributed by atoms with E-state index in [0.29, 0.717) is 11.3 Å². The highest BCUT2D eigenvalue weighted by molar-refractivity contribution is 6.04. The van der Waals surface area contributed by atoms with Gasteiger partial charge in [0.05, 0.1) is 18.0 Å². The Hall–Kier alpha value is -2.83. The maximum absolute atomic E-state index is 11.7. The fraction of sp³-hybridized carbons (Fsp3) is 0. The molecule has 0 saturated heterocycles. The van der Waals surface area contributed by atoms with Crippen LogP contribution in [0.1, 0.15) is 20.8 Å². The van der Waals surface area contributed by atoms with Gasteiger partial charge in [0.15, 0.2) is 0 Å². The average molecular weight is 244 g/mol. The molecule has 0 aliphatic carbocycles. The monoisotopic (exact) mass is 244 g/mol. The molecule has 0 unspecified atom stereocenters. The fourth-order valence-electron chi connectivity index (χ4n) is 1.25. The third-order valence-electron chi connectivity index (χ3n) is 2.08. The summed E-state index contributed by atoms with van der Waals surface area (Å²) in [5, 5.41) is 18.4. The van der Waals surface area contributed by atoms with E-state index in [1.54, 1.807) is 0 Å². The summed E-state index contributed by atoms with van der Waals surface area (Å²) in [6.45, 7) is 0. The molecule has 0 atom stereocenters. The molecule has 90 valence electrons. The van der Waals surface area contributed by atoms with E-state index in [2.05, 4.69) is 20.5 Å². The minimum absolute atomic E-state index is 0.138. The lowest BCUT2D eigenvalue weighted by molar-refractivity contribution is 0.0690. The Morgan fingerprint density at radius 3 is 2.67 bits per heavy atom. The molecule has 0 radical (unpaired) electrons. The van der Waals surface area contributed by atoms with Gasteiger partial charge in [-0.3, -0.25) is 4.79 Å². The van der Waals surface area contributed by atoms with Crippen LogP contribution in [-0.4, -0.2) is 32.2 Å². The number of carboxylic acid groups (broad SMARTS) is 1. The molecule has 0 spiro atoms. The van der Waals surface area contributed by atoms with Gasteiger partial charge in [0.2, 0.25) is 0 Å². The van der Waals surface area contributed by atoms with Gasteiger partial charge in [-0.15, -0.1) is 0 Å². The Kier molecular flexibility index (Phi) is 3.24. The van der Waals surface area contributed by atoms with Gasteiger partial charge in [-0.05, 0) is 18.2 Å². The maximum atomic E-state index is 11.7. The fourth-order valence-corrected chi connectivity index (χ4v) is 1.25. The Morgan fingerprint density at radius 1 is 1.17 bits per heavy atom. The van der Waals surface area contributed by atoms with Gasteiger partial charge < -0.3 is 10.4 Å². The molecule has 0 aromatic carbocycles. The van der Waals surface area contributed by atoms with Crippen molar-refractivity contribution in [3.05, 3.63) is 48.0 Å². The summed E-state index contributed by atoms with van der Waals surface area (Å²) in [5.41, 5.74) is 0.545. The number of hydrogen-bond donors (Lipinski definition) is 2. The summed E-state index contributed by atoms with van der Waals surface area (Å²) in [6, 6.07) is 4.27. The molecule has 2 rings (SSSR count). The van der Waals surface area contributed by atoms with Crippen LogP contribution in [0.3, 0.4) is 0 Å². The van der Waals surface area contributed by atoms with E-state index in [0.717, 1.165) is 0 Å². The van der Waals surface area contributed by atoms with Gasteiger partial charge in [-0.2, -0.15) is 10.2 Å². The van der Waals surface area contributed by atoms with Gasteiger partial charge >= 0.3 is 5.97 Å². The second-order valence-corrected chi connectivity index (χ2v) is 3.32. The van der Waals surface area contributed by atoms with Crippen LogP contribution in [0.15, 0.2) is 36.8 Å². The number of aromatic carboxylic acids is 1. The molecule has 7 nitrogen and oxygen atoms in total. The maximum Gasteiger partial charge on any atom is 0.354 e.